The van der Waals surface area contributed by atoms with Crippen LogP contribution in [0.3, 0.4) is 0 Å². The van der Waals surface area contributed by atoms with Crippen molar-refractivity contribution in [3.05, 3.63) is 65.0 Å². The number of aromatic nitrogens is 2. The molecule has 0 bridgehead atoms. The quantitative estimate of drug-likeness (QED) is 0.660. The molecule has 2 aliphatic carbocycles. The fraction of sp³-hybridized carbons (Fsp3) is 0.400. The molecule has 1 amide bonds. The summed E-state index contributed by atoms with van der Waals surface area (Å²) in [4.78, 5) is 24.7. The molecule has 2 aliphatic rings. The van der Waals surface area contributed by atoms with E-state index in [0.717, 1.165) is 40.9 Å². The van der Waals surface area contributed by atoms with Crippen LogP contribution in [0, 0.1) is 18.8 Å². The Balaban J connectivity index is 1.44. The summed E-state index contributed by atoms with van der Waals surface area (Å²) >= 11 is 0. The summed E-state index contributed by atoms with van der Waals surface area (Å²) in [6, 6.07) is 12.2. The molecule has 2 saturated carbocycles. The van der Waals surface area contributed by atoms with Gasteiger partial charge < -0.3 is 10.6 Å². The molecular weight excluding hydrogens is 372 g/mol. The molecular formula is C25H28N4O. The van der Waals surface area contributed by atoms with E-state index in [-0.39, 0.29) is 5.91 Å². The van der Waals surface area contributed by atoms with Gasteiger partial charge >= 0.3 is 0 Å². The molecule has 30 heavy (non-hydrogen) atoms. The number of carbonyl (C=O) groups is 1. The van der Waals surface area contributed by atoms with Gasteiger partial charge in [-0.05, 0) is 85.9 Å². The number of nitrogens with two attached hydrogens (primary N) is 1. The SMILES string of the molecule is CCc1ccc(CN(C(=O)c2ccc3nc(N)c(C)cc3c2)C2CC2C2CC2)nc1. The number of hydrogen-bond donors (Lipinski definition) is 1. The van der Waals surface area contributed by atoms with Crippen LogP contribution in [0.1, 0.15) is 53.4 Å². The first-order valence-corrected chi connectivity index (χ1v) is 10.9. The normalized spacial score (nSPS) is 20.3. The van der Waals surface area contributed by atoms with Gasteiger partial charge in [-0.3, -0.25) is 9.78 Å². The lowest BCUT2D eigenvalue weighted by Gasteiger charge is -2.23. The zero-order chi connectivity index (χ0) is 20.8. The first-order chi connectivity index (χ1) is 14.5. The van der Waals surface area contributed by atoms with Crippen molar-refractivity contribution in [2.24, 2.45) is 11.8 Å². The predicted octanol–water partition coefficient (Wildman–Crippen LogP) is 4.52. The van der Waals surface area contributed by atoms with Crippen LogP contribution in [0.25, 0.3) is 10.9 Å². The van der Waals surface area contributed by atoms with Gasteiger partial charge in [0.25, 0.3) is 5.91 Å². The number of amides is 1. The molecule has 2 unspecified atom stereocenters. The van der Waals surface area contributed by atoms with Crippen LogP contribution < -0.4 is 5.73 Å². The van der Waals surface area contributed by atoms with Gasteiger partial charge in [-0.15, -0.1) is 0 Å². The molecule has 2 N–H and O–H groups in total. The zero-order valence-corrected chi connectivity index (χ0v) is 17.6. The van der Waals surface area contributed by atoms with E-state index in [0.29, 0.717) is 29.9 Å². The summed E-state index contributed by atoms with van der Waals surface area (Å²) < 4.78 is 0. The predicted molar refractivity (Wildman–Crippen MR) is 119 cm³/mol. The van der Waals surface area contributed by atoms with Crippen LogP contribution in [0.15, 0.2) is 42.6 Å². The van der Waals surface area contributed by atoms with Crippen molar-refractivity contribution in [2.45, 2.75) is 52.1 Å². The number of rotatable bonds is 6. The summed E-state index contributed by atoms with van der Waals surface area (Å²) in [6.45, 7) is 4.63. The Labute approximate surface area is 177 Å². The van der Waals surface area contributed by atoms with Crippen molar-refractivity contribution >= 4 is 22.6 Å². The Morgan fingerprint density at radius 3 is 2.73 bits per heavy atom. The molecule has 2 heterocycles. The van der Waals surface area contributed by atoms with E-state index in [1.807, 2.05) is 37.4 Å². The van der Waals surface area contributed by atoms with Gasteiger partial charge in [0, 0.05) is 23.2 Å². The third-order valence-corrected chi connectivity index (χ3v) is 6.61. The van der Waals surface area contributed by atoms with E-state index in [9.17, 15) is 4.79 Å². The van der Waals surface area contributed by atoms with Crippen molar-refractivity contribution in [1.82, 2.24) is 14.9 Å². The highest BCUT2D eigenvalue weighted by Crippen LogP contribution is 2.52. The molecule has 3 aromatic rings. The van der Waals surface area contributed by atoms with Crippen LogP contribution in [-0.2, 0) is 13.0 Å². The lowest BCUT2D eigenvalue weighted by molar-refractivity contribution is 0.0716. The monoisotopic (exact) mass is 400 g/mol. The Kier molecular flexibility index (Phi) is 4.69. The fourth-order valence-corrected chi connectivity index (χ4v) is 4.46. The lowest BCUT2D eigenvalue weighted by Crippen LogP contribution is -2.34. The number of fused-ring (bicyclic) bond motifs is 1. The molecule has 2 fully saturated rings. The molecule has 0 radical (unpaired) electrons. The molecule has 0 saturated heterocycles. The third kappa shape index (κ3) is 3.64. The average molecular weight is 401 g/mol. The van der Waals surface area contributed by atoms with E-state index in [1.54, 1.807) is 0 Å². The van der Waals surface area contributed by atoms with Gasteiger partial charge in [0.05, 0.1) is 17.8 Å². The molecule has 2 atom stereocenters. The van der Waals surface area contributed by atoms with Crippen molar-refractivity contribution in [2.75, 3.05) is 5.73 Å². The minimum absolute atomic E-state index is 0.0842. The highest BCUT2D eigenvalue weighted by molar-refractivity contribution is 5.98. The topological polar surface area (TPSA) is 72.1 Å². The van der Waals surface area contributed by atoms with Crippen LogP contribution in [-0.4, -0.2) is 26.8 Å². The van der Waals surface area contributed by atoms with Crippen molar-refractivity contribution in [3.8, 4) is 0 Å². The number of pyridine rings is 2. The highest BCUT2D eigenvalue weighted by atomic mass is 16.2. The maximum atomic E-state index is 13.6. The third-order valence-electron chi connectivity index (χ3n) is 6.61. The number of benzene rings is 1. The van der Waals surface area contributed by atoms with Crippen LogP contribution in [0.4, 0.5) is 5.82 Å². The number of nitrogens with zero attached hydrogens (tertiary/aromatic N) is 3. The zero-order valence-electron chi connectivity index (χ0n) is 17.6. The van der Waals surface area contributed by atoms with Gasteiger partial charge in [-0.2, -0.15) is 0 Å². The van der Waals surface area contributed by atoms with Crippen LogP contribution in [0.2, 0.25) is 0 Å². The van der Waals surface area contributed by atoms with Gasteiger partial charge in [0.1, 0.15) is 5.82 Å². The van der Waals surface area contributed by atoms with Crippen molar-refractivity contribution < 1.29 is 4.79 Å². The minimum Gasteiger partial charge on any atom is -0.383 e. The maximum absolute atomic E-state index is 13.6. The first kappa shape index (κ1) is 19.0. The van der Waals surface area contributed by atoms with Crippen molar-refractivity contribution in [1.29, 1.82) is 0 Å². The highest BCUT2D eigenvalue weighted by Gasteiger charge is 2.51. The standard InChI is InChI=1S/C25H28N4O/c1-3-16-4-8-20(27-13-16)14-29(23-12-21(23)17-5-6-17)25(30)18-7-9-22-19(11-18)10-15(2)24(26)28-22/h4,7-11,13,17,21,23H,3,5-6,12,14H2,1-2H3,(H2,26,28). The summed E-state index contributed by atoms with van der Waals surface area (Å²) in [5.41, 5.74) is 10.6. The fourth-order valence-electron chi connectivity index (χ4n) is 4.46. The maximum Gasteiger partial charge on any atom is 0.254 e. The number of carbonyl (C=O) groups excluding carboxylic acids is 1. The van der Waals surface area contributed by atoms with E-state index in [4.69, 9.17) is 5.73 Å². The van der Waals surface area contributed by atoms with E-state index < -0.39 is 0 Å². The summed E-state index contributed by atoms with van der Waals surface area (Å²) in [6.07, 6.45) is 6.65. The Bertz CT molecular complexity index is 1100. The van der Waals surface area contributed by atoms with Gasteiger partial charge in [-0.25, -0.2) is 4.98 Å². The number of aryl methyl sites for hydroxylation is 2. The number of anilines is 1. The second kappa shape index (κ2) is 7.38. The summed E-state index contributed by atoms with van der Waals surface area (Å²) in [5.74, 6) is 2.09. The van der Waals surface area contributed by atoms with E-state index >= 15 is 0 Å². The van der Waals surface area contributed by atoms with E-state index in [1.165, 1.54) is 18.4 Å². The molecule has 2 aromatic heterocycles. The Morgan fingerprint density at radius 1 is 1.20 bits per heavy atom. The molecule has 5 rings (SSSR count). The molecule has 5 nitrogen and oxygen atoms in total. The Hall–Kier alpha value is -2.95. The second-order valence-electron chi connectivity index (χ2n) is 8.85. The van der Waals surface area contributed by atoms with Crippen LogP contribution in [0.5, 0.6) is 0 Å². The Morgan fingerprint density at radius 2 is 2.03 bits per heavy atom. The van der Waals surface area contributed by atoms with E-state index in [2.05, 4.69) is 33.9 Å². The second-order valence-corrected chi connectivity index (χ2v) is 8.85. The molecule has 1 aromatic carbocycles. The molecule has 0 spiro atoms. The number of hydrogen-bond acceptors (Lipinski definition) is 4. The minimum atomic E-state index is 0.0842. The van der Waals surface area contributed by atoms with Crippen LogP contribution >= 0.6 is 0 Å². The van der Waals surface area contributed by atoms with Gasteiger partial charge in [0.2, 0.25) is 0 Å². The average Bonchev–Trinajstić information content (AvgIpc) is 3.65. The first-order valence-electron chi connectivity index (χ1n) is 10.9. The molecule has 154 valence electrons. The largest absolute Gasteiger partial charge is 0.383 e. The molecule has 0 aliphatic heterocycles. The van der Waals surface area contributed by atoms with Gasteiger partial charge in [-0.1, -0.05) is 13.0 Å². The van der Waals surface area contributed by atoms with Crippen molar-refractivity contribution in [3.63, 3.8) is 0 Å². The van der Waals surface area contributed by atoms with Gasteiger partial charge in [0.15, 0.2) is 0 Å². The summed E-state index contributed by atoms with van der Waals surface area (Å²) in [7, 11) is 0. The smallest absolute Gasteiger partial charge is 0.254 e. The number of nitrogen functional groups attached to an aromatic ring is 1. The molecule has 5 heteroatoms. The lowest BCUT2D eigenvalue weighted by atomic mass is 10.1. The summed E-state index contributed by atoms with van der Waals surface area (Å²) in [5, 5.41) is 0.951.